The van der Waals surface area contributed by atoms with Gasteiger partial charge in [-0.1, -0.05) is 44.2 Å². The summed E-state index contributed by atoms with van der Waals surface area (Å²) in [5, 5.41) is 0. The first-order chi connectivity index (χ1) is 10.4. The maximum absolute atomic E-state index is 11.8. The molecule has 0 aliphatic heterocycles. The number of rotatable bonds is 6. The van der Waals surface area contributed by atoms with Gasteiger partial charge in [-0.2, -0.15) is 0 Å². The Hall–Kier alpha value is -1.75. The summed E-state index contributed by atoms with van der Waals surface area (Å²) in [6.07, 6.45) is 2.90. The standard InChI is InChI=1S/C17H22N2O2S/c1-17(2)9-14(8-15(20)10-17)18-19-16(21)12-22-11-13-6-4-3-5-7-13/h3-8,18H,9-12H2,1-2H3,(H,19,21). The molecule has 0 bridgehead atoms. The molecule has 0 unspecified atom stereocenters. The van der Waals surface area contributed by atoms with Crippen LogP contribution in [0, 0.1) is 5.41 Å². The molecule has 118 valence electrons. The van der Waals surface area contributed by atoms with Crippen LogP contribution in [-0.2, 0) is 15.3 Å². The largest absolute Gasteiger partial charge is 0.303 e. The number of ketones is 1. The molecule has 0 heterocycles. The minimum Gasteiger partial charge on any atom is -0.303 e. The lowest BCUT2D eigenvalue weighted by Gasteiger charge is -2.29. The van der Waals surface area contributed by atoms with E-state index in [-0.39, 0.29) is 17.1 Å². The van der Waals surface area contributed by atoms with E-state index >= 15 is 0 Å². The van der Waals surface area contributed by atoms with Gasteiger partial charge >= 0.3 is 0 Å². The Morgan fingerprint density at radius 2 is 1.95 bits per heavy atom. The van der Waals surface area contributed by atoms with Crippen molar-refractivity contribution in [3.63, 3.8) is 0 Å². The molecule has 2 N–H and O–H groups in total. The first kappa shape index (κ1) is 16.6. The van der Waals surface area contributed by atoms with Gasteiger partial charge in [0.15, 0.2) is 5.78 Å². The number of hydrogen-bond acceptors (Lipinski definition) is 4. The van der Waals surface area contributed by atoms with Gasteiger partial charge in [0.25, 0.3) is 0 Å². The number of thioether (sulfide) groups is 1. The number of hydrazine groups is 1. The molecule has 0 spiro atoms. The number of amides is 1. The normalized spacial score (nSPS) is 16.8. The minimum absolute atomic E-state index is 0.0546. The van der Waals surface area contributed by atoms with Gasteiger partial charge in [0.1, 0.15) is 0 Å². The van der Waals surface area contributed by atoms with Crippen LogP contribution in [0.3, 0.4) is 0 Å². The van der Waals surface area contributed by atoms with Crippen molar-refractivity contribution < 1.29 is 9.59 Å². The first-order valence-corrected chi connectivity index (χ1v) is 8.50. The molecule has 0 radical (unpaired) electrons. The smallest absolute Gasteiger partial charge is 0.248 e. The third-order valence-corrected chi connectivity index (χ3v) is 4.37. The van der Waals surface area contributed by atoms with Crippen LogP contribution < -0.4 is 10.9 Å². The number of allylic oxidation sites excluding steroid dienone is 2. The van der Waals surface area contributed by atoms with E-state index in [9.17, 15) is 9.59 Å². The summed E-state index contributed by atoms with van der Waals surface area (Å²) in [6, 6.07) is 10.1. The van der Waals surface area contributed by atoms with Crippen molar-refractivity contribution in [2.24, 2.45) is 5.41 Å². The average Bonchev–Trinajstić information content (AvgIpc) is 2.44. The van der Waals surface area contributed by atoms with E-state index in [1.54, 1.807) is 17.8 Å². The summed E-state index contributed by atoms with van der Waals surface area (Å²) in [6.45, 7) is 4.11. The Morgan fingerprint density at radius 1 is 1.23 bits per heavy atom. The Balaban J connectivity index is 1.71. The molecule has 2 rings (SSSR count). The molecule has 0 fully saturated rings. The van der Waals surface area contributed by atoms with Crippen LogP contribution in [0.2, 0.25) is 0 Å². The molecule has 0 saturated heterocycles. The number of nitrogens with one attached hydrogen (secondary N) is 2. The topological polar surface area (TPSA) is 58.2 Å². The zero-order chi connectivity index (χ0) is 16.0. The van der Waals surface area contributed by atoms with Gasteiger partial charge in [0, 0.05) is 23.9 Å². The van der Waals surface area contributed by atoms with Crippen molar-refractivity contribution in [2.75, 3.05) is 5.75 Å². The Labute approximate surface area is 135 Å². The second-order valence-electron chi connectivity index (χ2n) is 6.31. The quantitative estimate of drug-likeness (QED) is 0.792. The van der Waals surface area contributed by atoms with Crippen LogP contribution in [0.5, 0.6) is 0 Å². The molecule has 0 saturated carbocycles. The molecular formula is C17H22N2O2S. The van der Waals surface area contributed by atoms with E-state index in [4.69, 9.17) is 0 Å². The summed E-state index contributed by atoms with van der Waals surface area (Å²) >= 11 is 1.56. The van der Waals surface area contributed by atoms with Crippen molar-refractivity contribution in [1.29, 1.82) is 0 Å². The fourth-order valence-corrected chi connectivity index (χ4v) is 3.24. The second kappa shape index (κ2) is 7.49. The third-order valence-electron chi connectivity index (χ3n) is 3.36. The maximum Gasteiger partial charge on any atom is 0.248 e. The molecule has 0 aromatic heterocycles. The highest BCUT2D eigenvalue weighted by Crippen LogP contribution is 2.32. The monoisotopic (exact) mass is 318 g/mol. The molecule has 22 heavy (non-hydrogen) atoms. The second-order valence-corrected chi connectivity index (χ2v) is 7.29. The van der Waals surface area contributed by atoms with Crippen molar-refractivity contribution in [1.82, 2.24) is 10.9 Å². The van der Waals surface area contributed by atoms with Gasteiger partial charge in [-0.15, -0.1) is 11.8 Å². The van der Waals surface area contributed by atoms with Gasteiger partial charge in [-0.25, -0.2) is 0 Å². The molecule has 1 aliphatic rings. The highest BCUT2D eigenvalue weighted by atomic mass is 32.2. The number of carbonyl (C=O) groups is 2. The summed E-state index contributed by atoms with van der Waals surface area (Å²) in [5.74, 6) is 1.21. The Morgan fingerprint density at radius 3 is 2.64 bits per heavy atom. The molecule has 1 aliphatic carbocycles. The molecule has 0 atom stereocenters. The molecule has 1 amide bonds. The molecule has 1 aromatic carbocycles. The predicted molar refractivity (Wildman–Crippen MR) is 90.0 cm³/mol. The average molecular weight is 318 g/mol. The maximum atomic E-state index is 11.8. The highest BCUT2D eigenvalue weighted by Gasteiger charge is 2.27. The van der Waals surface area contributed by atoms with Crippen LogP contribution in [0.1, 0.15) is 32.3 Å². The molecule has 5 heteroatoms. The fraction of sp³-hybridized carbons (Fsp3) is 0.412. The van der Waals surface area contributed by atoms with Gasteiger partial charge in [-0.3, -0.25) is 15.0 Å². The number of carbonyl (C=O) groups excluding carboxylic acids is 2. The van der Waals surface area contributed by atoms with Crippen molar-refractivity contribution >= 4 is 23.5 Å². The van der Waals surface area contributed by atoms with E-state index in [1.807, 2.05) is 30.3 Å². The van der Waals surface area contributed by atoms with E-state index in [2.05, 4.69) is 24.7 Å². The van der Waals surface area contributed by atoms with Gasteiger partial charge in [0.2, 0.25) is 5.91 Å². The van der Waals surface area contributed by atoms with Gasteiger partial charge in [-0.05, 0) is 17.4 Å². The van der Waals surface area contributed by atoms with Crippen molar-refractivity contribution in [3.05, 3.63) is 47.7 Å². The summed E-state index contributed by atoms with van der Waals surface area (Å²) in [4.78, 5) is 23.4. The minimum atomic E-state index is -0.0855. The summed E-state index contributed by atoms with van der Waals surface area (Å²) in [5.41, 5.74) is 7.48. The van der Waals surface area contributed by atoms with Crippen LogP contribution in [0.15, 0.2) is 42.1 Å². The van der Waals surface area contributed by atoms with E-state index in [0.29, 0.717) is 12.2 Å². The third kappa shape index (κ3) is 5.56. The Kier molecular flexibility index (Phi) is 5.66. The van der Waals surface area contributed by atoms with E-state index in [1.165, 1.54) is 5.56 Å². The zero-order valence-corrected chi connectivity index (χ0v) is 13.8. The summed E-state index contributed by atoms with van der Waals surface area (Å²) in [7, 11) is 0. The van der Waals surface area contributed by atoms with Gasteiger partial charge in [0.05, 0.1) is 5.75 Å². The lowest BCUT2D eigenvalue weighted by Crippen LogP contribution is -2.40. The van der Waals surface area contributed by atoms with Crippen LogP contribution in [0.25, 0.3) is 0 Å². The van der Waals surface area contributed by atoms with E-state index < -0.39 is 0 Å². The Bertz CT molecular complexity index is 567. The first-order valence-electron chi connectivity index (χ1n) is 7.34. The lowest BCUT2D eigenvalue weighted by atomic mass is 9.79. The van der Waals surface area contributed by atoms with Crippen molar-refractivity contribution in [2.45, 2.75) is 32.4 Å². The van der Waals surface area contributed by atoms with Crippen LogP contribution >= 0.6 is 11.8 Å². The zero-order valence-electron chi connectivity index (χ0n) is 13.0. The van der Waals surface area contributed by atoms with Crippen LogP contribution in [-0.4, -0.2) is 17.4 Å². The van der Waals surface area contributed by atoms with Crippen molar-refractivity contribution in [3.8, 4) is 0 Å². The SMILES string of the molecule is CC1(C)CC(=O)C=C(NNC(=O)CSCc2ccccc2)C1. The van der Waals surface area contributed by atoms with Crippen LogP contribution in [0.4, 0.5) is 0 Å². The number of benzene rings is 1. The molecule has 4 nitrogen and oxygen atoms in total. The summed E-state index contributed by atoms with van der Waals surface area (Å²) < 4.78 is 0. The van der Waals surface area contributed by atoms with E-state index in [0.717, 1.165) is 17.9 Å². The molecular weight excluding hydrogens is 296 g/mol. The number of hydrogen-bond donors (Lipinski definition) is 2. The predicted octanol–water partition coefficient (Wildman–Crippen LogP) is 2.81. The molecule has 1 aromatic rings. The highest BCUT2D eigenvalue weighted by molar-refractivity contribution is 7.99. The fourth-order valence-electron chi connectivity index (χ4n) is 2.45. The lowest BCUT2D eigenvalue weighted by molar-refractivity contribution is -0.120. The van der Waals surface area contributed by atoms with Gasteiger partial charge < -0.3 is 5.43 Å².